The van der Waals surface area contributed by atoms with Gasteiger partial charge in [-0.15, -0.1) is 0 Å². The molecule has 1 N–H and O–H groups in total. The molecule has 32 heavy (non-hydrogen) atoms. The number of rotatable bonds is 6. The second kappa shape index (κ2) is 9.49. The summed E-state index contributed by atoms with van der Waals surface area (Å²) in [6.45, 7) is 0.469. The van der Waals surface area contributed by atoms with Gasteiger partial charge in [0, 0.05) is 23.7 Å². The number of anilines is 1. The van der Waals surface area contributed by atoms with E-state index in [1.165, 1.54) is 22.3 Å². The van der Waals surface area contributed by atoms with Crippen molar-refractivity contribution in [2.24, 2.45) is 0 Å². The van der Waals surface area contributed by atoms with Crippen LogP contribution in [-0.2, 0) is 27.6 Å². The molecule has 3 aromatic carbocycles. The molecule has 0 amide bonds. The maximum atomic E-state index is 11.7. The topological polar surface area (TPSA) is 55.4 Å². The highest BCUT2D eigenvalue weighted by atomic mass is 35.5. The fourth-order valence-electron chi connectivity index (χ4n) is 4.30. The van der Waals surface area contributed by atoms with Gasteiger partial charge in [-0.1, -0.05) is 60.1 Å². The van der Waals surface area contributed by atoms with Gasteiger partial charge < -0.3 is 4.74 Å². The van der Waals surface area contributed by atoms with Crippen molar-refractivity contribution in [2.75, 3.05) is 24.7 Å². The molecule has 0 fully saturated rings. The molecule has 0 radical (unpaired) electrons. The third-order valence-electron chi connectivity index (χ3n) is 5.66. The van der Waals surface area contributed by atoms with E-state index in [0.29, 0.717) is 12.3 Å². The second-order valence-corrected chi connectivity index (χ2v) is 10.3. The summed E-state index contributed by atoms with van der Waals surface area (Å²) in [5, 5.41) is 0.738. The van der Waals surface area contributed by atoms with Crippen LogP contribution in [-0.4, -0.2) is 28.4 Å². The van der Waals surface area contributed by atoms with Crippen LogP contribution < -0.4 is 4.72 Å². The summed E-state index contributed by atoms with van der Waals surface area (Å²) in [6.07, 6.45) is 5.26. The summed E-state index contributed by atoms with van der Waals surface area (Å²) in [7, 11) is -1.68. The predicted molar refractivity (Wildman–Crippen MR) is 132 cm³/mol. The van der Waals surface area contributed by atoms with Crippen LogP contribution in [0.1, 0.15) is 33.7 Å². The number of ether oxygens (including phenoxy) is 1. The minimum Gasteiger partial charge on any atom is -0.384 e. The molecule has 1 atom stereocenters. The van der Waals surface area contributed by atoms with E-state index in [0.717, 1.165) is 35.3 Å². The molecule has 0 aromatic heterocycles. The first-order chi connectivity index (χ1) is 15.3. The number of halogens is 1. The lowest BCUT2D eigenvalue weighted by molar-refractivity contribution is 0.191. The van der Waals surface area contributed by atoms with Crippen LogP contribution in [0.2, 0.25) is 5.02 Å². The number of hydrogen-bond acceptors (Lipinski definition) is 3. The number of sulfonamides is 1. The van der Waals surface area contributed by atoms with Gasteiger partial charge in [0.1, 0.15) is 0 Å². The van der Waals surface area contributed by atoms with Crippen LogP contribution in [0.3, 0.4) is 0 Å². The summed E-state index contributed by atoms with van der Waals surface area (Å²) < 4.78 is 31.5. The quantitative estimate of drug-likeness (QED) is 0.508. The number of aryl methyl sites for hydroxylation is 2. The Kier molecular flexibility index (Phi) is 6.70. The van der Waals surface area contributed by atoms with E-state index in [-0.39, 0.29) is 5.92 Å². The fourth-order valence-corrected chi connectivity index (χ4v) is 5.04. The molecule has 0 bridgehead atoms. The van der Waals surface area contributed by atoms with Crippen LogP contribution in [0.25, 0.3) is 5.57 Å². The van der Waals surface area contributed by atoms with Crippen LogP contribution in [0.15, 0.2) is 72.8 Å². The maximum absolute atomic E-state index is 11.7. The molecule has 0 saturated heterocycles. The van der Waals surface area contributed by atoms with Gasteiger partial charge in [-0.3, -0.25) is 4.72 Å². The monoisotopic (exact) mass is 467 g/mol. The van der Waals surface area contributed by atoms with Gasteiger partial charge in [0.25, 0.3) is 0 Å². The summed E-state index contributed by atoms with van der Waals surface area (Å²) in [4.78, 5) is 0. The largest absolute Gasteiger partial charge is 0.384 e. The fraction of sp³-hybridized carbons (Fsp3) is 0.231. The Morgan fingerprint density at radius 2 is 1.75 bits per heavy atom. The Morgan fingerprint density at radius 3 is 2.53 bits per heavy atom. The molecular weight excluding hydrogens is 442 g/mol. The van der Waals surface area contributed by atoms with E-state index < -0.39 is 10.0 Å². The molecule has 1 aliphatic carbocycles. The summed E-state index contributed by atoms with van der Waals surface area (Å²) >= 11 is 6.31. The van der Waals surface area contributed by atoms with Gasteiger partial charge >= 0.3 is 0 Å². The van der Waals surface area contributed by atoms with Crippen molar-refractivity contribution < 1.29 is 13.2 Å². The highest BCUT2D eigenvalue weighted by molar-refractivity contribution is 7.92. The molecule has 0 heterocycles. The highest BCUT2D eigenvalue weighted by Gasteiger charge is 2.21. The van der Waals surface area contributed by atoms with E-state index in [4.69, 9.17) is 16.3 Å². The van der Waals surface area contributed by atoms with Crippen molar-refractivity contribution >= 4 is 32.9 Å². The summed E-state index contributed by atoms with van der Waals surface area (Å²) in [5.74, 6) is -0.0639. The van der Waals surface area contributed by atoms with Crippen LogP contribution >= 0.6 is 11.6 Å². The highest BCUT2D eigenvalue weighted by Crippen LogP contribution is 2.37. The molecule has 0 aliphatic heterocycles. The molecule has 4 rings (SSSR count). The number of benzene rings is 3. The minimum absolute atomic E-state index is 0.0639. The average Bonchev–Trinajstić information content (AvgIpc) is 2.89. The molecule has 1 unspecified atom stereocenters. The van der Waals surface area contributed by atoms with E-state index in [2.05, 4.69) is 47.2 Å². The smallest absolute Gasteiger partial charge is 0.229 e. The Balaban J connectivity index is 1.85. The molecule has 6 heteroatoms. The molecule has 1 aliphatic rings. The van der Waals surface area contributed by atoms with Crippen molar-refractivity contribution in [3.63, 3.8) is 0 Å². The molecule has 0 saturated carbocycles. The van der Waals surface area contributed by atoms with Gasteiger partial charge in [0.2, 0.25) is 10.0 Å². The average molecular weight is 468 g/mol. The zero-order chi connectivity index (χ0) is 22.7. The van der Waals surface area contributed by atoms with Crippen molar-refractivity contribution in [1.82, 2.24) is 0 Å². The first kappa shape index (κ1) is 22.6. The Morgan fingerprint density at radius 1 is 1.00 bits per heavy atom. The van der Waals surface area contributed by atoms with Crippen LogP contribution in [0.5, 0.6) is 0 Å². The van der Waals surface area contributed by atoms with Crippen molar-refractivity contribution in [3.05, 3.63) is 106 Å². The lowest BCUT2D eigenvalue weighted by Gasteiger charge is -2.19. The van der Waals surface area contributed by atoms with Crippen molar-refractivity contribution in [1.29, 1.82) is 0 Å². The standard InChI is InChI=1S/C26H26ClNO3S/c1-31-17-21(19-7-5-8-23(15-19)28-32(2,29)30)16-26-24-9-4-3-6-18(24)10-11-20-14-22(27)12-13-25(20)26/h3-9,12-16,21,28H,10-11,17H2,1-2H3/b26-16+. The normalized spacial score (nSPS) is 15.5. The van der Waals surface area contributed by atoms with Crippen LogP contribution in [0.4, 0.5) is 5.69 Å². The van der Waals surface area contributed by atoms with Crippen LogP contribution in [0, 0.1) is 0 Å². The number of methoxy groups -OCH3 is 1. The Bertz CT molecular complexity index is 1270. The summed E-state index contributed by atoms with van der Waals surface area (Å²) in [6, 6.07) is 22.0. The van der Waals surface area contributed by atoms with Gasteiger partial charge in [-0.2, -0.15) is 0 Å². The third-order valence-corrected chi connectivity index (χ3v) is 6.50. The Hall–Kier alpha value is -2.60. The first-order valence-electron chi connectivity index (χ1n) is 10.5. The van der Waals surface area contributed by atoms with Gasteiger partial charge in [0.15, 0.2) is 0 Å². The van der Waals surface area contributed by atoms with Gasteiger partial charge in [-0.25, -0.2) is 8.42 Å². The maximum Gasteiger partial charge on any atom is 0.229 e. The van der Waals surface area contributed by atoms with E-state index in [9.17, 15) is 8.42 Å². The lowest BCUT2D eigenvalue weighted by Crippen LogP contribution is -2.11. The van der Waals surface area contributed by atoms with Gasteiger partial charge in [0.05, 0.1) is 12.9 Å². The van der Waals surface area contributed by atoms with Gasteiger partial charge in [-0.05, 0) is 70.5 Å². The zero-order valence-corrected chi connectivity index (χ0v) is 19.7. The molecule has 0 spiro atoms. The Labute approximate surface area is 194 Å². The lowest BCUT2D eigenvalue weighted by atomic mass is 9.88. The molecular formula is C26H26ClNO3S. The first-order valence-corrected chi connectivity index (χ1v) is 12.8. The third kappa shape index (κ3) is 5.23. The van der Waals surface area contributed by atoms with Crippen molar-refractivity contribution in [3.8, 4) is 0 Å². The second-order valence-electron chi connectivity index (χ2n) is 8.10. The minimum atomic E-state index is -3.36. The molecule has 166 valence electrons. The van der Waals surface area contributed by atoms with E-state index in [1.807, 2.05) is 24.3 Å². The zero-order valence-electron chi connectivity index (χ0n) is 18.1. The summed E-state index contributed by atoms with van der Waals surface area (Å²) in [5.41, 5.74) is 7.57. The van der Waals surface area contributed by atoms with E-state index in [1.54, 1.807) is 13.2 Å². The molecule has 3 aromatic rings. The number of nitrogens with one attached hydrogen (secondary N) is 1. The number of fused-ring (bicyclic) bond motifs is 2. The van der Waals surface area contributed by atoms with Crippen molar-refractivity contribution in [2.45, 2.75) is 18.8 Å². The number of hydrogen-bond donors (Lipinski definition) is 1. The predicted octanol–water partition coefficient (Wildman–Crippen LogP) is 5.67. The van der Waals surface area contributed by atoms with E-state index >= 15 is 0 Å². The SMILES string of the molecule is COCC(/C=C1\c2ccccc2CCc2cc(Cl)ccc21)c1cccc(NS(C)(=O)=O)c1. The molecule has 4 nitrogen and oxygen atoms in total.